The standard InChI is InChI=1S/C26H32N4O4/c1-33-22-7-5-8-23(34-2)24(22)26(32)30-14-10-18(11-15-30)6-3-4-12-28-25(31)21-16-19-17-27-13-9-20(19)29-21/h5,7-9,13,16-18,29H,3-4,6,10-12,14-15H2,1-2H3,(H,28,31). The Kier molecular flexibility index (Phi) is 7.67. The summed E-state index contributed by atoms with van der Waals surface area (Å²) >= 11 is 0. The number of nitrogens with one attached hydrogen (secondary N) is 2. The molecule has 1 aliphatic rings. The average molecular weight is 465 g/mol. The first kappa shape index (κ1) is 23.6. The number of methoxy groups -OCH3 is 2. The summed E-state index contributed by atoms with van der Waals surface area (Å²) < 4.78 is 10.8. The van der Waals surface area contributed by atoms with Gasteiger partial charge in [-0.25, -0.2) is 0 Å². The fraction of sp³-hybridized carbons (Fsp3) is 0.423. The number of pyridine rings is 1. The average Bonchev–Trinajstić information content (AvgIpc) is 3.32. The van der Waals surface area contributed by atoms with Gasteiger partial charge in [-0.1, -0.05) is 18.9 Å². The molecule has 1 fully saturated rings. The van der Waals surface area contributed by atoms with Crippen LogP contribution in [0.15, 0.2) is 42.7 Å². The van der Waals surface area contributed by atoms with Crippen LogP contribution in [0, 0.1) is 5.92 Å². The molecule has 1 aliphatic heterocycles. The van der Waals surface area contributed by atoms with Crippen LogP contribution in [0.2, 0.25) is 0 Å². The number of nitrogens with zero attached hydrogens (tertiary/aromatic N) is 2. The van der Waals surface area contributed by atoms with E-state index < -0.39 is 0 Å². The Hall–Kier alpha value is -3.55. The molecular formula is C26H32N4O4. The van der Waals surface area contributed by atoms with Crippen molar-refractivity contribution in [1.82, 2.24) is 20.2 Å². The number of carbonyl (C=O) groups excluding carboxylic acids is 2. The Morgan fingerprint density at radius 2 is 1.85 bits per heavy atom. The number of unbranched alkanes of at least 4 members (excludes halogenated alkanes) is 1. The second-order valence-corrected chi connectivity index (χ2v) is 8.67. The summed E-state index contributed by atoms with van der Waals surface area (Å²) in [5, 5.41) is 3.92. The molecule has 34 heavy (non-hydrogen) atoms. The lowest BCUT2D eigenvalue weighted by molar-refractivity contribution is 0.0679. The molecule has 2 aromatic heterocycles. The fourth-order valence-corrected chi connectivity index (χ4v) is 4.59. The molecule has 0 unspecified atom stereocenters. The molecule has 8 heteroatoms. The molecule has 0 bridgehead atoms. The Labute approximate surface area is 199 Å². The summed E-state index contributed by atoms with van der Waals surface area (Å²) in [5.41, 5.74) is 1.97. The van der Waals surface area contributed by atoms with Gasteiger partial charge >= 0.3 is 0 Å². The first-order valence-corrected chi connectivity index (χ1v) is 11.8. The third-order valence-corrected chi connectivity index (χ3v) is 6.53. The Morgan fingerprint density at radius 1 is 1.12 bits per heavy atom. The van der Waals surface area contributed by atoms with Crippen LogP contribution in [-0.4, -0.2) is 60.5 Å². The molecule has 1 saturated heterocycles. The molecule has 3 heterocycles. The van der Waals surface area contributed by atoms with Crippen LogP contribution in [0.1, 0.15) is 53.0 Å². The molecule has 8 nitrogen and oxygen atoms in total. The highest BCUT2D eigenvalue weighted by Gasteiger charge is 2.27. The van der Waals surface area contributed by atoms with Gasteiger partial charge in [-0.15, -0.1) is 0 Å². The van der Waals surface area contributed by atoms with Crippen LogP contribution < -0.4 is 14.8 Å². The van der Waals surface area contributed by atoms with Gasteiger partial charge in [0.25, 0.3) is 11.8 Å². The molecule has 2 N–H and O–H groups in total. The largest absolute Gasteiger partial charge is 0.496 e. The molecule has 0 atom stereocenters. The van der Waals surface area contributed by atoms with Crippen LogP contribution in [0.3, 0.4) is 0 Å². The summed E-state index contributed by atoms with van der Waals surface area (Å²) in [6.45, 7) is 2.12. The van der Waals surface area contributed by atoms with Crippen molar-refractivity contribution in [1.29, 1.82) is 0 Å². The summed E-state index contributed by atoms with van der Waals surface area (Å²) in [5.74, 6) is 1.55. The van der Waals surface area contributed by atoms with Crippen molar-refractivity contribution in [3.63, 3.8) is 0 Å². The van der Waals surface area contributed by atoms with E-state index >= 15 is 0 Å². The van der Waals surface area contributed by atoms with Gasteiger partial charge in [0, 0.05) is 42.9 Å². The quantitative estimate of drug-likeness (QED) is 0.466. The van der Waals surface area contributed by atoms with E-state index in [4.69, 9.17) is 9.47 Å². The Morgan fingerprint density at radius 3 is 2.53 bits per heavy atom. The zero-order valence-electron chi connectivity index (χ0n) is 19.8. The number of H-pyrrole nitrogens is 1. The highest BCUT2D eigenvalue weighted by Crippen LogP contribution is 2.31. The number of piperidine rings is 1. The van der Waals surface area contributed by atoms with E-state index in [1.807, 2.05) is 23.1 Å². The number of carbonyl (C=O) groups is 2. The van der Waals surface area contributed by atoms with Crippen molar-refractivity contribution in [2.24, 2.45) is 5.92 Å². The maximum absolute atomic E-state index is 13.1. The monoisotopic (exact) mass is 464 g/mol. The van der Waals surface area contributed by atoms with Gasteiger partial charge in [-0.3, -0.25) is 14.6 Å². The van der Waals surface area contributed by atoms with Gasteiger partial charge in [0.15, 0.2) is 0 Å². The third kappa shape index (κ3) is 5.32. The first-order valence-electron chi connectivity index (χ1n) is 11.8. The number of likely N-dealkylation sites (tertiary alicyclic amines) is 1. The van der Waals surface area contributed by atoms with Gasteiger partial charge in [0.1, 0.15) is 22.8 Å². The fourth-order valence-electron chi connectivity index (χ4n) is 4.59. The molecule has 4 rings (SSSR count). The highest BCUT2D eigenvalue weighted by molar-refractivity contribution is 6.00. The van der Waals surface area contributed by atoms with Crippen molar-refractivity contribution < 1.29 is 19.1 Å². The number of aromatic nitrogens is 2. The lowest BCUT2D eigenvalue weighted by Crippen LogP contribution is -2.38. The van der Waals surface area contributed by atoms with E-state index in [0.717, 1.165) is 56.1 Å². The molecule has 0 spiro atoms. The van der Waals surface area contributed by atoms with Crippen LogP contribution in [0.4, 0.5) is 0 Å². The van der Waals surface area contributed by atoms with E-state index in [1.54, 1.807) is 38.7 Å². The molecule has 3 aromatic rings. The van der Waals surface area contributed by atoms with Crippen LogP contribution >= 0.6 is 0 Å². The predicted molar refractivity (Wildman–Crippen MR) is 130 cm³/mol. The van der Waals surface area contributed by atoms with Gasteiger partial charge < -0.3 is 24.7 Å². The van der Waals surface area contributed by atoms with Crippen LogP contribution in [0.25, 0.3) is 10.9 Å². The number of hydrogen-bond acceptors (Lipinski definition) is 5. The van der Waals surface area contributed by atoms with Gasteiger partial charge in [-0.05, 0) is 49.4 Å². The van der Waals surface area contributed by atoms with Gasteiger partial charge in [0.2, 0.25) is 0 Å². The Bertz CT molecular complexity index is 1080. The number of aromatic amines is 1. The maximum atomic E-state index is 13.1. The molecule has 180 valence electrons. The smallest absolute Gasteiger partial charge is 0.267 e. The molecule has 0 saturated carbocycles. The zero-order chi connectivity index (χ0) is 23.9. The lowest BCUT2D eigenvalue weighted by Gasteiger charge is -2.32. The molecule has 2 amide bonds. The van der Waals surface area contributed by atoms with Crippen molar-refractivity contribution in [2.45, 2.75) is 32.1 Å². The van der Waals surface area contributed by atoms with Crippen molar-refractivity contribution >= 4 is 22.7 Å². The number of benzene rings is 1. The molecule has 0 radical (unpaired) electrons. The lowest BCUT2D eigenvalue weighted by atomic mass is 9.91. The van der Waals surface area contributed by atoms with E-state index in [0.29, 0.717) is 35.2 Å². The second kappa shape index (κ2) is 11.0. The third-order valence-electron chi connectivity index (χ3n) is 6.53. The summed E-state index contributed by atoms with van der Waals surface area (Å²) in [4.78, 5) is 34.6. The first-order chi connectivity index (χ1) is 16.6. The summed E-state index contributed by atoms with van der Waals surface area (Å²) in [7, 11) is 3.13. The second-order valence-electron chi connectivity index (χ2n) is 8.67. The summed E-state index contributed by atoms with van der Waals surface area (Å²) in [6, 6.07) is 9.08. The topological polar surface area (TPSA) is 96.6 Å². The SMILES string of the molecule is COc1cccc(OC)c1C(=O)N1CCC(CCCCNC(=O)c2cc3cnccc3[nH]2)CC1. The zero-order valence-corrected chi connectivity index (χ0v) is 19.8. The van der Waals surface area contributed by atoms with E-state index in [-0.39, 0.29) is 11.8 Å². The minimum atomic E-state index is -0.0882. The number of fused-ring (bicyclic) bond motifs is 1. The minimum Gasteiger partial charge on any atom is -0.496 e. The summed E-state index contributed by atoms with van der Waals surface area (Å²) in [6.07, 6.45) is 8.51. The molecule has 1 aromatic carbocycles. The Balaban J connectivity index is 1.18. The number of amides is 2. The number of rotatable bonds is 9. The normalized spacial score (nSPS) is 14.2. The van der Waals surface area contributed by atoms with Gasteiger partial charge in [0.05, 0.1) is 14.2 Å². The van der Waals surface area contributed by atoms with E-state index in [9.17, 15) is 9.59 Å². The number of hydrogen-bond donors (Lipinski definition) is 2. The van der Waals surface area contributed by atoms with E-state index in [1.165, 1.54) is 0 Å². The van der Waals surface area contributed by atoms with Crippen molar-refractivity contribution in [3.05, 3.63) is 54.0 Å². The van der Waals surface area contributed by atoms with Crippen LogP contribution in [-0.2, 0) is 0 Å². The molecular weight excluding hydrogens is 432 g/mol. The molecule has 0 aliphatic carbocycles. The van der Waals surface area contributed by atoms with Gasteiger partial charge in [-0.2, -0.15) is 0 Å². The van der Waals surface area contributed by atoms with Crippen molar-refractivity contribution in [2.75, 3.05) is 33.9 Å². The van der Waals surface area contributed by atoms with E-state index in [2.05, 4.69) is 15.3 Å². The minimum absolute atomic E-state index is 0.0387. The highest BCUT2D eigenvalue weighted by atomic mass is 16.5. The predicted octanol–water partition coefficient (Wildman–Crippen LogP) is 4.03. The van der Waals surface area contributed by atoms with Crippen molar-refractivity contribution in [3.8, 4) is 11.5 Å². The number of ether oxygens (including phenoxy) is 2. The maximum Gasteiger partial charge on any atom is 0.267 e. The van der Waals surface area contributed by atoms with Crippen LogP contribution in [0.5, 0.6) is 11.5 Å².